The van der Waals surface area contributed by atoms with E-state index in [2.05, 4.69) is 20.8 Å². The fraction of sp³-hybridized carbons (Fsp3) is 0.923. The van der Waals surface area contributed by atoms with E-state index in [4.69, 9.17) is 5.73 Å². The summed E-state index contributed by atoms with van der Waals surface area (Å²) in [5.74, 6) is 1.92. The molecule has 0 saturated heterocycles. The smallest absolute Gasteiger partial charge is 0.140 e. The molecular weight excluding hydrogens is 186 g/mol. The minimum absolute atomic E-state index is 0.0836. The van der Waals surface area contributed by atoms with Crippen molar-refractivity contribution in [3.8, 4) is 0 Å². The summed E-state index contributed by atoms with van der Waals surface area (Å²) in [6.45, 7) is 6.97. The summed E-state index contributed by atoms with van der Waals surface area (Å²) >= 11 is 0. The van der Waals surface area contributed by atoms with Crippen LogP contribution in [0.2, 0.25) is 0 Å². The van der Waals surface area contributed by atoms with E-state index in [1.54, 1.807) is 0 Å². The van der Waals surface area contributed by atoms with Crippen molar-refractivity contribution in [3.63, 3.8) is 0 Å². The third-order valence-electron chi connectivity index (χ3n) is 3.76. The molecular formula is C13H25NO. The van der Waals surface area contributed by atoms with E-state index >= 15 is 0 Å². The van der Waals surface area contributed by atoms with E-state index < -0.39 is 0 Å². The summed E-state index contributed by atoms with van der Waals surface area (Å²) in [5, 5.41) is 0. The van der Waals surface area contributed by atoms with Crippen molar-refractivity contribution >= 4 is 5.78 Å². The van der Waals surface area contributed by atoms with Crippen molar-refractivity contribution < 1.29 is 4.79 Å². The van der Waals surface area contributed by atoms with Crippen molar-refractivity contribution in [2.24, 2.45) is 29.4 Å². The first kappa shape index (κ1) is 12.7. The molecule has 1 rings (SSSR count). The predicted molar refractivity (Wildman–Crippen MR) is 63.5 cm³/mol. The van der Waals surface area contributed by atoms with Crippen molar-refractivity contribution in [1.82, 2.24) is 0 Å². The number of hydrogen-bond donors (Lipinski definition) is 1. The number of carbonyl (C=O) groups excluding carboxylic acids is 1. The molecule has 1 aliphatic carbocycles. The second-order valence-electron chi connectivity index (χ2n) is 5.46. The monoisotopic (exact) mass is 211 g/mol. The summed E-state index contributed by atoms with van der Waals surface area (Å²) < 4.78 is 0. The molecule has 0 aliphatic heterocycles. The van der Waals surface area contributed by atoms with E-state index in [0.29, 0.717) is 24.2 Å². The Balaban J connectivity index is 2.57. The molecule has 1 fully saturated rings. The Morgan fingerprint density at radius 1 is 1.40 bits per heavy atom. The van der Waals surface area contributed by atoms with Crippen LogP contribution >= 0.6 is 0 Å². The maximum absolute atomic E-state index is 12.2. The number of rotatable bonds is 4. The fourth-order valence-corrected chi connectivity index (χ4v) is 2.71. The van der Waals surface area contributed by atoms with E-state index in [9.17, 15) is 4.79 Å². The molecule has 2 nitrogen and oxygen atoms in total. The largest absolute Gasteiger partial charge is 0.330 e. The molecule has 0 aromatic heterocycles. The van der Waals surface area contributed by atoms with Crippen LogP contribution in [0.25, 0.3) is 0 Å². The van der Waals surface area contributed by atoms with Gasteiger partial charge in [0.25, 0.3) is 0 Å². The van der Waals surface area contributed by atoms with Gasteiger partial charge in [-0.1, -0.05) is 33.6 Å². The standard InChI is InChI=1S/C13H25NO/c1-9(2)12(8-14)13(15)11-6-4-5-10(3)7-11/h9-12H,4-8,14H2,1-3H3. The minimum atomic E-state index is 0.0836. The van der Waals surface area contributed by atoms with Crippen LogP contribution in [0.1, 0.15) is 46.5 Å². The number of nitrogens with two attached hydrogens (primary N) is 1. The molecule has 3 unspecified atom stereocenters. The quantitative estimate of drug-likeness (QED) is 0.776. The van der Waals surface area contributed by atoms with Gasteiger partial charge in [-0.05, 0) is 24.7 Å². The molecule has 15 heavy (non-hydrogen) atoms. The van der Waals surface area contributed by atoms with Gasteiger partial charge in [0.2, 0.25) is 0 Å². The van der Waals surface area contributed by atoms with Gasteiger partial charge in [0.1, 0.15) is 5.78 Å². The van der Waals surface area contributed by atoms with Gasteiger partial charge >= 0.3 is 0 Å². The third kappa shape index (κ3) is 3.30. The van der Waals surface area contributed by atoms with E-state index in [1.807, 2.05) is 0 Å². The summed E-state index contributed by atoms with van der Waals surface area (Å²) in [6, 6.07) is 0. The Morgan fingerprint density at radius 2 is 2.07 bits per heavy atom. The van der Waals surface area contributed by atoms with Crippen molar-refractivity contribution in [1.29, 1.82) is 0 Å². The van der Waals surface area contributed by atoms with Gasteiger partial charge in [-0.2, -0.15) is 0 Å². The molecule has 3 atom stereocenters. The SMILES string of the molecule is CC1CCCC(C(=O)C(CN)C(C)C)C1. The Hall–Kier alpha value is -0.370. The zero-order chi connectivity index (χ0) is 11.4. The Labute approximate surface area is 93.6 Å². The first-order valence-corrected chi connectivity index (χ1v) is 6.30. The van der Waals surface area contributed by atoms with Gasteiger partial charge in [0.15, 0.2) is 0 Å². The van der Waals surface area contributed by atoms with Crippen LogP contribution < -0.4 is 5.73 Å². The average Bonchev–Trinajstić information content (AvgIpc) is 2.18. The topological polar surface area (TPSA) is 43.1 Å². The zero-order valence-electron chi connectivity index (χ0n) is 10.3. The predicted octanol–water partition coefficient (Wildman–Crippen LogP) is 2.61. The van der Waals surface area contributed by atoms with Crippen LogP contribution in [-0.2, 0) is 4.79 Å². The number of hydrogen-bond acceptors (Lipinski definition) is 2. The van der Waals surface area contributed by atoms with Crippen LogP contribution in [0, 0.1) is 23.7 Å². The maximum Gasteiger partial charge on any atom is 0.140 e. The van der Waals surface area contributed by atoms with E-state index in [0.717, 1.165) is 18.8 Å². The van der Waals surface area contributed by atoms with Gasteiger partial charge in [-0.25, -0.2) is 0 Å². The summed E-state index contributed by atoms with van der Waals surface area (Å²) in [5.41, 5.74) is 5.70. The van der Waals surface area contributed by atoms with Crippen LogP contribution in [0.5, 0.6) is 0 Å². The van der Waals surface area contributed by atoms with Crippen LogP contribution in [-0.4, -0.2) is 12.3 Å². The molecule has 0 aromatic carbocycles. The molecule has 0 spiro atoms. The highest BCUT2D eigenvalue weighted by atomic mass is 16.1. The molecule has 0 heterocycles. The lowest BCUT2D eigenvalue weighted by molar-refractivity contribution is -0.129. The first-order chi connectivity index (χ1) is 7.06. The fourth-order valence-electron chi connectivity index (χ4n) is 2.71. The maximum atomic E-state index is 12.2. The van der Waals surface area contributed by atoms with Gasteiger partial charge < -0.3 is 5.73 Å². The molecule has 1 saturated carbocycles. The number of carbonyl (C=O) groups is 1. The third-order valence-corrected chi connectivity index (χ3v) is 3.76. The van der Waals surface area contributed by atoms with Gasteiger partial charge in [0.05, 0.1) is 0 Å². The molecule has 1 aliphatic rings. The molecule has 88 valence electrons. The second-order valence-corrected chi connectivity index (χ2v) is 5.46. The minimum Gasteiger partial charge on any atom is -0.330 e. The van der Waals surface area contributed by atoms with Crippen molar-refractivity contribution in [2.75, 3.05) is 6.54 Å². The zero-order valence-corrected chi connectivity index (χ0v) is 10.3. The van der Waals surface area contributed by atoms with Crippen molar-refractivity contribution in [3.05, 3.63) is 0 Å². The first-order valence-electron chi connectivity index (χ1n) is 6.30. The van der Waals surface area contributed by atoms with Gasteiger partial charge in [0, 0.05) is 18.4 Å². The van der Waals surface area contributed by atoms with Crippen LogP contribution in [0.3, 0.4) is 0 Å². The average molecular weight is 211 g/mol. The summed E-state index contributed by atoms with van der Waals surface area (Å²) in [7, 11) is 0. The Kier molecular flexibility index (Phi) is 4.78. The molecule has 0 bridgehead atoms. The Morgan fingerprint density at radius 3 is 2.53 bits per heavy atom. The van der Waals surface area contributed by atoms with Gasteiger partial charge in [-0.15, -0.1) is 0 Å². The Bertz CT molecular complexity index is 213. The number of Topliss-reactive ketones (excluding diaryl/α,β-unsaturated/α-hetero) is 1. The second kappa shape index (κ2) is 5.64. The normalized spacial score (nSPS) is 29.1. The van der Waals surface area contributed by atoms with Gasteiger partial charge in [-0.3, -0.25) is 4.79 Å². The lowest BCUT2D eigenvalue weighted by Gasteiger charge is -2.29. The lowest BCUT2D eigenvalue weighted by Crippen LogP contribution is -2.35. The van der Waals surface area contributed by atoms with E-state index in [-0.39, 0.29) is 5.92 Å². The highest BCUT2D eigenvalue weighted by Gasteiger charge is 2.30. The molecule has 2 N–H and O–H groups in total. The number of ketones is 1. The van der Waals surface area contributed by atoms with Crippen LogP contribution in [0.15, 0.2) is 0 Å². The van der Waals surface area contributed by atoms with E-state index in [1.165, 1.54) is 12.8 Å². The molecule has 0 radical (unpaired) electrons. The highest BCUT2D eigenvalue weighted by Crippen LogP contribution is 2.31. The highest BCUT2D eigenvalue weighted by molar-refractivity contribution is 5.84. The molecule has 0 aromatic rings. The van der Waals surface area contributed by atoms with Crippen molar-refractivity contribution in [2.45, 2.75) is 46.5 Å². The molecule has 2 heteroatoms. The summed E-state index contributed by atoms with van der Waals surface area (Å²) in [6.07, 6.45) is 4.68. The summed E-state index contributed by atoms with van der Waals surface area (Å²) in [4.78, 5) is 12.2. The lowest BCUT2D eigenvalue weighted by atomic mass is 9.75. The molecule has 0 amide bonds. The van der Waals surface area contributed by atoms with Crippen LogP contribution in [0.4, 0.5) is 0 Å².